The number of likely N-dealkylation sites (tertiary alicyclic amines) is 1. The second kappa shape index (κ2) is 7.94. The van der Waals surface area contributed by atoms with E-state index >= 15 is 0 Å². The van der Waals surface area contributed by atoms with Gasteiger partial charge in [0.2, 0.25) is 0 Å². The highest BCUT2D eigenvalue weighted by Crippen LogP contribution is 2.43. The lowest BCUT2D eigenvalue weighted by molar-refractivity contribution is -0.137. The third-order valence-electron chi connectivity index (χ3n) is 4.96. The van der Waals surface area contributed by atoms with Gasteiger partial charge < -0.3 is 14.7 Å². The number of hydrogen-bond acceptors (Lipinski definition) is 2. The monoisotopic (exact) mass is 391 g/mol. The Morgan fingerprint density at radius 2 is 1.96 bits per heavy atom. The Balaban J connectivity index is 2.37. The van der Waals surface area contributed by atoms with Gasteiger partial charge in [-0.3, -0.25) is 0 Å². The van der Waals surface area contributed by atoms with Crippen LogP contribution in [0.4, 0.5) is 22.4 Å². The summed E-state index contributed by atoms with van der Waals surface area (Å²) in [6.45, 7) is 4.95. The van der Waals surface area contributed by atoms with Crippen molar-refractivity contribution in [1.82, 2.24) is 4.90 Å². The maximum atomic E-state index is 13.0. The molecule has 27 heavy (non-hydrogen) atoms. The lowest BCUT2D eigenvalue weighted by atomic mass is 9.75. The highest BCUT2D eigenvalue weighted by Gasteiger charge is 2.40. The number of piperidine rings is 1. The Morgan fingerprint density at radius 1 is 1.30 bits per heavy atom. The third kappa shape index (κ3) is 5.05. The molecule has 0 aromatic heterocycles. The summed E-state index contributed by atoms with van der Waals surface area (Å²) in [5, 5.41) is 9.46. The van der Waals surface area contributed by atoms with Crippen LogP contribution in [0.15, 0.2) is 18.2 Å². The molecule has 0 spiro atoms. The van der Waals surface area contributed by atoms with Crippen LogP contribution in [-0.2, 0) is 6.18 Å². The van der Waals surface area contributed by atoms with E-state index in [-0.39, 0.29) is 36.3 Å². The van der Waals surface area contributed by atoms with E-state index in [4.69, 9.17) is 4.74 Å². The smallest absolute Gasteiger partial charge is 0.416 e. The maximum Gasteiger partial charge on any atom is 0.416 e. The Hall–Kier alpha value is -1.99. The molecule has 1 amide bonds. The number of hydrogen-bond donors (Lipinski definition) is 1. The molecule has 1 aliphatic heterocycles. The molecule has 1 saturated heterocycles. The zero-order valence-electron chi connectivity index (χ0n) is 15.6. The highest BCUT2D eigenvalue weighted by molar-refractivity contribution is 5.66. The van der Waals surface area contributed by atoms with Gasteiger partial charge >= 0.3 is 12.3 Å². The molecule has 2 unspecified atom stereocenters. The Morgan fingerprint density at radius 3 is 2.48 bits per heavy atom. The number of carbonyl (C=O) groups is 1. The van der Waals surface area contributed by atoms with Crippen LogP contribution in [-0.4, -0.2) is 42.0 Å². The molecule has 0 radical (unpaired) electrons. The number of benzene rings is 1. The van der Waals surface area contributed by atoms with Crippen molar-refractivity contribution in [2.24, 2.45) is 5.41 Å². The van der Waals surface area contributed by atoms with Gasteiger partial charge in [0.1, 0.15) is 19.0 Å². The number of rotatable bonds is 4. The highest BCUT2D eigenvalue weighted by atomic mass is 19.4. The van der Waals surface area contributed by atoms with E-state index in [1.165, 1.54) is 11.0 Å². The molecule has 1 aliphatic rings. The zero-order chi connectivity index (χ0) is 20.4. The van der Waals surface area contributed by atoms with Gasteiger partial charge in [-0.2, -0.15) is 13.2 Å². The molecule has 1 aromatic rings. The SMILES string of the molecule is CC(C)(C)C1CC(c2ccc(C(F)(F)F)cc2OCCF)CCN1C(=O)O. The molecule has 2 rings (SSSR count). The summed E-state index contributed by atoms with van der Waals surface area (Å²) in [4.78, 5) is 12.9. The molecule has 4 nitrogen and oxygen atoms in total. The van der Waals surface area contributed by atoms with E-state index in [1.54, 1.807) is 0 Å². The van der Waals surface area contributed by atoms with Crippen LogP contribution < -0.4 is 4.74 Å². The van der Waals surface area contributed by atoms with Crippen molar-refractivity contribution >= 4 is 6.09 Å². The lowest BCUT2D eigenvalue weighted by Crippen LogP contribution is -2.51. The first kappa shape index (κ1) is 21.3. The predicted octanol–water partition coefficient (Wildman–Crippen LogP) is 5.33. The number of carboxylic acid groups (broad SMARTS) is 1. The molecule has 1 aromatic carbocycles. The number of amides is 1. The Bertz CT molecular complexity index is 670. The first-order valence-corrected chi connectivity index (χ1v) is 8.84. The van der Waals surface area contributed by atoms with E-state index in [2.05, 4.69) is 0 Å². The quantitative estimate of drug-likeness (QED) is 0.706. The van der Waals surface area contributed by atoms with Gasteiger partial charge in [-0.1, -0.05) is 26.8 Å². The topological polar surface area (TPSA) is 49.8 Å². The molecular formula is C19H25F4NO3. The van der Waals surface area contributed by atoms with Gasteiger partial charge in [0, 0.05) is 12.6 Å². The number of ether oxygens (including phenoxy) is 1. The summed E-state index contributed by atoms with van der Waals surface area (Å²) in [6.07, 6.45) is -4.59. The molecule has 0 aliphatic carbocycles. The third-order valence-corrected chi connectivity index (χ3v) is 4.96. The van der Waals surface area contributed by atoms with Crippen molar-refractivity contribution in [2.45, 2.75) is 51.7 Å². The van der Waals surface area contributed by atoms with Gasteiger partial charge in [0.05, 0.1) is 5.56 Å². The van der Waals surface area contributed by atoms with Gasteiger partial charge in [-0.25, -0.2) is 9.18 Å². The summed E-state index contributed by atoms with van der Waals surface area (Å²) in [7, 11) is 0. The van der Waals surface area contributed by atoms with E-state index in [9.17, 15) is 27.5 Å². The second-order valence-corrected chi connectivity index (χ2v) is 7.87. The average Bonchev–Trinajstić information content (AvgIpc) is 2.57. The fourth-order valence-electron chi connectivity index (χ4n) is 3.62. The lowest BCUT2D eigenvalue weighted by Gasteiger charge is -2.45. The molecule has 1 fully saturated rings. The van der Waals surface area contributed by atoms with Crippen molar-refractivity contribution in [3.63, 3.8) is 0 Å². The summed E-state index contributed by atoms with van der Waals surface area (Å²) >= 11 is 0. The van der Waals surface area contributed by atoms with Gasteiger partial charge in [0.15, 0.2) is 0 Å². The summed E-state index contributed by atoms with van der Waals surface area (Å²) in [5.41, 5.74) is -0.616. The standard InChI is InChI=1S/C19H25F4NO3/c1-18(2,3)16-10-12(6-8-24(16)17(25)26)14-5-4-13(19(21,22)23)11-15(14)27-9-7-20/h4-5,11-12,16H,6-10H2,1-3H3,(H,25,26). The molecule has 2 atom stereocenters. The van der Waals surface area contributed by atoms with Gasteiger partial charge in [0.25, 0.3) is 0 Å². The summed E-state index contributed by atoms with van der Waals surface area (Å²) in [5.74, 6) is -0.148. The first-order valence-electron chi connectivity index (χ1n) is 8.84. The van der Waals surface area contributed by atoms with Crippen LogP contribution in [0.2, 0.25) is 0 Å². The van der Waals surface area contributed by atoms with Crippen LogP contribution in [0.3, 0.4) is 0 Å². The van der Waals surface area contributed by atoms with Crippen molar-refractivity contribution < 1.29 is 32.2 Å². The molecule has 0 saturated carbocycles. The fraction of sp³-hybridized carbons (Fsp3) is 0.632. The minimum Gasteiger partial charge on any atom is -0.491 e. The molecule has 0 bridgehead atoms. The first-order chi connectivity index (χ1) is 12.4. The number of nitrogens with zero attached hydrogens (tertiary/aromatic N) is 1. The number of halogens is 4. The molecule has 8 heteroatoms. The van der Waals surface area contributed by atoms with E-state index < -0.39 is 24.5 Å². The Kier molecular flexibility index (Phi) is 6.27. The van der Waals surface area contributed by atoms with Crippen molar-refractivity contribution in [1.29, 1.82) is 0 Å². The Labute approximate surface area is 156 Å². The van der Waals surface area contributed by atoms with E-state index in [0.717, 1.165) is 12.1 Å². The normalized spacial score (nSPS) is 21.2. The molecule has 1 heterocycles. The van der Waals surface area contributed by atoms with Gasteiger partial charge in [-0.15, -0.1) is 0 Å². The molecular weight excluding hydrogens is 366 g/mol. The van der Waals surface area contributed by atoms with Gasteiger partial charge in [-0.05, 0) is 41.9 Å². The maximum absolute atomic E-state index is 13.0. The summed E-state index contributed by atoms with van der Waals surface area (Å²) < 4.78 is 56.9. The van der Waals surface area contributed by atoms with E-state index in [0.29, 0.717) is 18.4 Å². The van der Waals surface area contributed by atoms with Crippen LogP contribution in [0.1, 0.15) is 50.7 Å². The van der Waals surface area contributed by atoms with Crippen LogP contribution in [0.5, 0.6) is 5.75 Å². The summed E-state index contributed by atoms with van der Waals surface area (Å²) in [6, 6.07) is 2.98. The van der Waals surface area contributed by atoms with Crippen molar-refractivity contribution in [3.05, 3.63) is 29.3 Å². The molecule has 1 N–H and O–H groups in total. The predicted molar refractivity (Wildman–Crippen MR) is 92.9 cm³/mol. The largest absolute Gasteiger partial charge is 0.491 e. The second-order valence-electron chi connectivity index (χ2n) is 7.87. The van der Waals surface area contributed by atoms with E-state index in [1.807, 2.05) is 20.8 Å². The minimum absolute atomic E-state index is 0.0175. The fourth-order valence-corrected chi connectivity index (χ4v) is 3.62. The molecule has 152 valence electrons. The number of alkyl halides is 4. The van der Waals surface area contributed by atoms with Crippen LogP contribution in [0, 0.1) is 5.41 Å². The average molecular weight is 391 g/mol. The van der Waals surface area contributed by atoms with Crippen LogP contribution in [0.25, 0.3) is 0 Å². The van der Waals surface area contributed by atoms with Crippen LogP contribution >= 0.6 is 0 Å². The van der Waals surface area contributed by atoms with Crippen molar-refractivity contribution in [2.75, 3.05) is 19.8 Å². The van der Waals surface area contributed by atoms with Crippen molar-refractivity contribution in [3.8, 4) is 5.75 Å². The minimum atomic E-state index is -4.52. The zero-order valence-corrected chi connectivity index (χ0v) is 15.6.